The Morgan fingerprint density at radius 2 is 1.95 bits per heavy atom. The normalized spacial score (nSPS) is 10.5. The van der Waals surface area contributed by atoms with Crippen LogP contribution >= 0.6 is 11.3 Å². The van der Waals surface area contributed by atoms with E-state index in [0.29, 0.717) is 18.8 Å². The maximum atomic E-state index is 12.3. The first-order valence-electron chi connectivity index (χ1n) is 6.96. The molecule has 22 heavy (non-hydrogen) atoms. The molecule has 0 aliphatic rings. The summed E-state index contributed by atoms with van der Waals surface area (Å²) in [4.78, 5) is 13.5. The number of aromatic nitrogens is 1. The Morgan fingerprint density at radius 3 is 2.68 bits per heavy atom. The molecule has 5 heteroatoms. The molecule has 0 radical (unpaired) electrons. The van der Waals surface area contributed by atoms with Crippen molar-refractivity contribution < 1.29 is 9.90 Å². The van der Waals surface area contributed by atoms with Gasteiger partial charge < -0.3 is 15.0 Å². The van der Waals surface area contributed by atoms with Gasteiger partial charge in [-0.25, -0.2) is 0 Å². The fraction of sp³-hybridized carbons (Fsp3) is 0.118. The number of phenols is 1. The SMILES string of the molecule is O=C(NCc1ccc(O)cc1)c1cccn1Cc1cccs1. The first-order valence-corrected chi connectivity index (χ1v) is 7.84. The summed E-state index contributed by atoms with van der Waals surface area (Å²) in [6.07, 6.45) is 1.91. The largest absolute Gasteiger partial charge is 0.508 e. The van der Waals surface area contributed by atoms with Gasteiger partial charge in [0.25, 0.3) is 5.91 Å². The zero-order valence-corrected chi connectivity index (χ0v) is 12.7. The lowest BCUT2D eigenvalue weighted by Gasteiger charge is -2.09. The van der Waals surface area contributed by atoms with Crippen LogP contribution in [0, 0.1) is 0 Å². The maximum absolute atomic E-state index is 12.3. The van der Waals surface area contributed by atoms with Crippen LogP contribution < -0.4 is 5.32 Å². The molecule has 0 spiro atoms. The Hall–Kier alpha value is -2.53. The van der Waals surface area contributed by atoms with Gasteiger partial charge in [-0.1, -0.05) is 18.2 Å². The molecule has 0 atom stereocenters. The van der Waals surface area contributed by atoms with Crippen molar-refractivity contribution in [2.45, 2.75) is 13.1 Å². The highest BCUT2D eigenvalue weighted by Crippen LogP contribution is 2.13. The van der Waals surface area contributed by atoms with E-state index in [-0.39, 0.29) is 11.7 Å². The van der Waals surface area contributed by atoms with Crippen LogP contribution in [0.4, 0.5) is 0 Å². The lowest BCUT2D eigenvalue weighted by Crippen LogP contribution is -2.25. The summed E-state index contributed by atoms with van der Waals surface area (Å²) in [5, 5.41) is 14.2. The highest BCUT2D eigenvalue weighted by Gasteiger charge is 2.11. The fourth-order valence-corrected chi connectivity index (χ4v) is 2.92. The Labute approximate surface area is 132 Å². The third-order valence-corrected chi connectivity index (χ3v) is 4.22. The number of amides is 1. The predicted octanol–water partition coefficient (Wildman–Crippen LogP) is 3.23. The number of hydrogen-bond donors (Lipinski definition) is 2. The van der Waals surface area contributed by atoms with E-state index in [1.807, 2.05) is 34.3 Å². The summed E-state index contributed by atoms with van der Waals surface area (Å²) in [7, 11) is 0. The summed E-state index contributed by atoms with van der Waals surface area (Å²) in [5.74, 6) is 0.120. The molecular weight excluding hydrogens is 296 g/mol. The van der Waals surface area contributed by atoms with Gasteiger partial charge in [0.05, 0.1) is 6.54 Å². The van der Waals surface area contributed by atoms with Gasteiger partial charge in [0.15, 0.2) is 0 Å². The number of benzene rings is 1. The maximum Gasteiger partial charge on any atom is 0.268 e. The van der Waals surface area contributed by atoms with Crippen LogP contribution in [-0.2, 0) is 13.1 Å². The third kappa shape index (κ3) is 3.38. The molecule has 1 aromatic carbocycles. The van der Waals surface area contributed by atoms with Crippen molar-refractivity contribution in [1.82, 2.24) is 9.88 Å². The second kappa shape index (κ2) is 6.49. The highest BCUT2D eigenvalue weighted by molar-refractivity contribution is 7.09. The second-order valence-electron chi connectivity index (χ2n) is 4.95. The summed E-state index contributed by atoms with van der Waals surface area (Å²) in [6, 6.07) is 14.6. The summed E-state index contributed by atoms with van der Waals surface area (Å²) >= 11 is 1.68. The molecule has 2 heterocycles. The number of nitrogens with one attached hydrogen (secondary N) is 1. The number of hydrogen-bond acceptors (Lipinski definition) is 3. The number of rotatable bonds is 5. The molecule has 0 fully saturated rings. The first kappa shape index (κ1) is 14.4. The quantitative estimate of drug-likeness (QED) is 0.760. The number of nitrogens with zero attached hydrogens (tertiary/aromatic N) is 1. The Morgan fingerprint density at radius 1 is 1.14 bits per heavy atom. The van der Waals surface area contributed by atoms with Crippen molar-refractivity contribution in [3.8, 4) is 5.75 Å². The van der Waals surface area contributed by atoms with Crippen LogP contribution in [0.25, 0.3) is 0 Å². The summed E-state index contributed by atoms with van der Waals surface area (Å²) < 4.78 is 1.94. The predicted molar refractivity (Wildman–Crippen MR) is 87.1 cm³/mol. The van der Waals surface area contributed by atoms with Crippen molar-refractivity contribution >= 4 is 17.2 Å². The van der Waals surface area contributed by atoms with Gasteiger partial charge in [-0.3, -0.25) is 4.79 Å². The lowest BCUT2D eigenvalue weighted by atomic mass is 10.2. The van der Waals surface area contributed by atoms with Crippen LogP contribution in [0.5, 0.6) is 5.75 Å². The lowest BCUT2D eigenvalue weighted by molar-refractivity contribution is 0.0942. The van der Waals surface area contributed by atoms with Gasteiger partial charge in [-0.2, -0.15) is 0 Å². The highest BCUT2D eigenvalue weighted by atomic mass is 32.1. The zero-order valence-electron chi connectivity index (χ0n) is 11.9. The van der Waals surface area contributed by atoms with Crippen molar-refractivity contribution in [1.29, 1.82) is 0 Å². The van der Waals surface area contributed by atoms with E-state index in [2.05, 4.69) is 11.4 Å². The molecule has 2 aromatic heterocycles. The van der Waals surface area contributed by atoms with E-state index in [4.69, 9.17) is 0 Å². The first-order chi connectivity index (χ1) is 10.7. The van der Waals surface area contributed by atoms with E-state index in [1.165, 1.54) is 4.88 Å². The Bertz CT molecular complexity index is 745. The minimum absolute atomic E-state index is 0.102. The number of aromatic hydroxyl groups is 1. The van der Waals surface area contributed by atoms with Crippen LogP contribution in [0.3, 0.4) is 0 Å². The average molecular weight is 312 g/mol. The molecule has 0 aliphatic carbocycles. The van der Waals surface area contributed by atoms with Gasteiger partial charge in [0.2, 0.25) is 0 Å². The van der Waals surface area contributed by atoms with Crippen LogP contribution in [0.1, 0.15) is 20.9 Å². The van der Waals surface area contributed by atoms with Gasteiger partial charge in [0.1, 0.15) is 11.4 Å². The molecule has 112 valence electrons. The van der Waals surface area contributed by atoms with E-state index in [0.717, 1.165) is 5.56 Å². The molecule has 1 amide bonds. The number of phenolic OH excluding ortho intramolecular Hbond substituents is 1. The molecular formula is C17H16N2O2S. The fourth-order valence-electron chi connectivity index (χ4n) is 2.22. The van der Waals surface area contributed by atoms with Gasteiger partial charge in [0, 0.05) is 17.6 Å². The van der Waals surface area contributed by atoms with Crippen molar-refractivity contribution in [3.63, 3.8) is 0 Å². The number of thiophene rings is 1. The molecule has 0 bridgehead atoms. The monoisotopic (exact) mass is 312 g/mol. The van der Waals surface area contributed by atoms with Crippen LogP contribution in [-0.4, -0.2) is 15.6 Å². The molecule has 0 unspecified atom stereocenters. The van der Waals surface area contributed by atoms with E-state index in [1.54, 1.807) is 35.6 Å². The van der Waals surface area contributed by atoms with E-state index < -0.39 is 0 Å². The summed E-state index contributed by atoms with van der Waals surface area (Å²) in [6.45, 7) is 1.13. The molecule has 3 aromatic rings. The number of carbonyl (C=O) groups excluding carboxylic acids is 1. The van der Waals surface area contributed by atoms with Crippen LogP contribution in [0.15, 0.2) is 60.1 Å². The third-order valence-electron chi connectivity index (χ3n) is 3.36. The van der Waals surface area contributed by atoms with Crippen molar-refractivity contribution in [2.75, 3.05) is 0 Å². The molecule has 0 saturated heterocycles. The minimum Gasteiger partial charge on any atom is -0.508 e. The van der Waals surface area contributed by atoms with Gasteiger partial charge in [-0.05, 0) is 41.3 Å². The molecule has 4 nitrogen and oxygen atoms in total. The van der Waals surface area contributed by atoms with Gasteiger partial charge in [-0.15, -0.1) is 11.3 Å². The second-order valence-corrected chi connectivity index (χ2v) is 5.98. The number of carbonyl (C=O) groups is 1. The van der Waals surface area contributed by atoms with Crippen molar-refractivity contribution in [3.05, 3.63) is 76.2 Å². The van der Waals surface area contributed by atoms with Crippen LogP contribution in [0.2, 0.25) is 0 Å². The average Bonchev–Trinajstić information content (AvgIpc) is 3.19. The smallest absolute Gasteiger partial charge is 0.268 e. The summed E-state index contributed by atoms with van der Waals surface area (Å²) in [5.41, 5.74) is 1.59. The van der Waals surface area contributed by atoms with E-state index in [9.17, 15) is 9.90 Å². The topological polar surface area (TPSA) is 54.3 Å². The minimum atomic E-state index is -0.102. The van der Waals surface area contributed by atoms with E-state index >= 15 is 0 Å². The van der Waals surface area contributed by atoms with Gasteiger partial charge >= 0.3 is 0 Å². The zero-order chi connectivity index (χ0) is 15.4. The molecule has 0 aliphatic heterocycles. The Balaban J connectivity index is 1.65. The Kier molecular flexibility index (Phi) is 4.25. The van der Waals surface area contributed by atoms with Crippen molar-refractivity contribution in [2.24, 2.45) is 0 Å². The molecule has 0 saturated carbocycles. The molecule has 3 rings (SSSR count). The standard InChI is InChI=1S/C17H16N2O2S/c20-14-7-5-13(6-8-14)11-18-17(21)16-4-1-9-19(16)12-15-3-2-10-22-15/h1-10,20H,11-12H2,(H,18,21). The molecule has 2 N–H and O–H groups in total.